The molecule has 0 aliphatic carbocycles. The van der Waals surface area contributed by atoms with Gasteiger partial charge in [-0.2, -0.15) is 10.3 Å². The summed E-state index contributed by atoms with van der Waals surface area (Å²) in [4.78, 5) is 18.4. The van der Waals surface area contributed by atoms with Crippen LogP contribution in [0.2, 0.25) is 0 Å². The van der Waals surface area contributed by atoms with Gasteiger partial charge in [-0.05, 0) is 25.0 Å². The highest BCUT2D eigenvalue weighted by molar-refractivity contribution is 7.15. The predicted molar refractivity (Wildman–Crippen MR) is 65.0 cm³/mol. The minimum Gasteiger partial charge on any atom is -0.369 e. The molecular formula is C11H13N3OS. The summed E-state index contributed by atoms with van der Waals surface area (Å²) < 4.78 is 0. The molecule has 0 fully saturated rings. The fourth-order valence-corrected chi connectivity index (χ4v) is 2.14. The van der Waals surface area contributed by atoms with Crippen molar-refractivity contribution >= 4 is 23.6 Å². The lowest BCUT2D eigenvalue weighted by molar-refractivity contribution is 0.101. The molecule has 1 rings (SSSR count). The number of carbonyl (C=O) groups is 1. The lowest BCUT2D eigenvalue weighted by Crippen LogP contribution is -2.09. The molecule has 0 spiro atoms. The van der Waals surface area contributed by atoms with Gasteiger partial charge in [0, 0.05) is 14.1 Å². The molecule has 0 N–H and O–H groups in total. The number of nitrogens with zero attached hydrogens (tertiary/aromatic N) is 3. The molecule has 0 saturated heterocycles. The zero-order valence-electron chi connectivity index (χ0n) is 9.74. The Kier molecular flexibility index (Phi) is 3.80. The Bertz CT molecular complexity index is 480. The molecule has 1 amide bonds. The van der Waals surface area contributed by atoms with E-state index in [1.807, 2.05) is 13.8 Å². The van der Waals surface area contributed by atoms with E-state index in [2.05, 4.69) is 11.1 Å². The van der Waals surface area contributed by atoms with Crippen LogP contribution < -0.4 is 0 Å². The second-order valence-corrected chi connectivity index (χ2v) is 4.66. The first-order valence-corrected chi connectivity index (χ1v) is 5.54. The fourth-order valence-electron chi connectivity index (χ4n) is 1.13. The summed E-state index contributed by atoms with van der Waals surface area (Å²) in [5.74, 6) is -0.291. The molecule has 0 atom stereocenters. The highest BCUT2D eigenvalue weighted by Crippen LogP contribution is 2.27. The van der Waals surface area contributed by atoms with E-state index in [0.717, 1.165) is 11.1 Å². The van der Waals surface area contributed by atoms with E-state index >= 15 is 0 Å². The van der Waals surface area contributed by atoms with Gasteiger partial charge in [-0.1, -0.05) is 0 Å². The van der Waals surface area contributed by atoms with E-state index in [0.29, 0.717) is 9.75 Å². The normalized spacial score (nSPS) is 10.4. The standard InChI is InChI=1S/C11H13N3OS/c1-7-8(2)10(16-9(7)5-12)11(15)13-6-14(3)4/h6H,1-4H3. The smallest absolute Gasteiger partial charge is 0.288 e. The number of nitriles is 1. The van der Waals surface area contributed by atoms with Crippen LogP contribution in [0.4, 0.5) is 0 Å². The molecule has 4 nitrogen and oxygen atoms in total. The van der Waals surface area contributed by atoms with Crippen LogP contribution in [0, 0.1) is 25.2 Å². The maximum Gasteiger partial charge on any atom is 0.288 e. The van der Waals surface area contributed by atoms with Gasteiger partial charge in [0.1, 0.15) is 10.9 Å². The minimum absolute atomic E-state index is 0.291. The molecule has 0 bridgehead atoms. The van der Waals surface area contributed by atoms with E-state index in [4.69, 9.17) is 5.26 Å². The van der Waals surface area contributed by atoms with Gasteiger partial charge in [0.2, 0.25) is 0 Å². The number of amides is 1. The molecule has 0 aliphatic rings. The third kappa shape index (κ3) is 2.47. The first-order valence-electron chi connectivity index (χ1n) is 4.72. The molecule has 0 aromatic carbocycles. The lowest BCUT2D eigenvalue weighted by Gasteiger charge is -2.01. The second-order valence-electron chi connectivity index (χ2n) is 3.64. The van der Waals surface area contributed by atoms with Gasteiger partial charge in [-0.25, -0.2) is 0 Å². The second kappa shape index (κ2) is 4.90. The van der Waals surface area contributed by atoms with Gasteiger partial charge < -0.3 is 4.90 Å². The number of hydrogen-bond acceptors (Lipinski definition) is 3. The zero-order valence-corrected chi connectivity index (χ0v) is 10.6. The highest BCUT2D eigenvalue weighted by Gasteiger charge is 2.16. The van der Waals surface area contributed by atoms with Crippen molar-refractivity contribution in [3.63, 3.8) is 0 Å². The van der Waals surface area contributed by atoms with Crippen molar-refractivity contribution in [1.29, 1.82) is 5.26 Å². The number of carbonyl (C=O) groups excluding carboxylic acids is 1. The molecule has 1 heterocycles. The van der Waals surface area contributed by atoms with Gasteiger partial charge >= 0.3 is 0 Å². The molecule has 0 aliphatic heterocycles. The number of rotatable bonds is 2. The largest absolute Gasteiger partial charge is 0.369 e. The minimum atomic E-state index is -0.291. The van der Waals surface area contributed by atoms with E-state index in [1.54, 1.807) is 19.0 Å². The predicted octanol–water partition coefficient (Wildman–Crippen LogP) is 1.97. The average molecular weight is 235 g/mol. The summed E-state index contributed by atoms with van der Waals surface area (Å²) in [6, 6.07) is 2.08. The molecule has 5 heteroatoms. The van der Waals surface area contributed by atoms with Crippen LogP contribution in [-0.2, 0) is 0 Å². The quantitative estimate of drug-likeness (QED) is 0.581. The van der Waals surface area contributed by atoms with Gasteiger partial charge in [-0.15, -0.1) is 11.3 Å². The summed E-state index contributed by atoms with van der Waals surface area (Å²) in [6.07, 6.45) is 1.46. The lowest BCUT2D eigenvalue weighted by atomic mass is 10.1. The number of aliphatic imine (C=N–C) groups is 1. The Morgan fingerprint density at radius 3 is 2.50 bits per heavy atom. The first kappa shape index (κ1) is 12.4. The third-order valence-corrected chi connectivity index (χ3v) is 3.44. The monoisotopic (exact) mass is 235 g/mol. The molecule has 0 radical (unpaired) electrons. The Labute approximate surface area is 98.8 Å². The van der Waals surface area contributed by atoms with Gasteiger partial charge in [0.25, 0.3) is 5.91 Å². The molecule has 84 valence electrons. The van der Waals surface area contributed by atoms with Gasteiger partial charge in [-0.3, -0.25) is 4.79 Å². The fraction of sp³-hybridized carbons (Fsp3) is 0.364. The van der Waals surface area contributed by atoms with Crippen LogP contribution in [0.1, 0.15) is 25.7 Å². The van der Waals surface area contributed by atoms with Crippen LogP contribution in [0.15, 0.2) is 4.99 Å². The van der Waals surface area contributed by atoms with Crippen molar-refractivity contribution in [3.8, 4) is 6.07 Å². The summed E-state index contributed by atoms with van der Waals surface area (Å²) >= 11 is 1.20. The summed E-state index contributed by atoms with van der Waals surface area (Å²) in [6.45, 7) is 3.68. The summed E-state index contributed by atoms with van der Waals surface area (Å²) in [5, 5.41) is 8.86. The van der Waals surface area contributed by atoms with Crippen LogP contribution in [0.5, 0.6) is 0 Å². The van der Waals surface area contributed by atoms with Crippen molar-refractivity contribution < 1.29 is 4.79 Å². The SMILES string of the molecule is Cc1c(C#N)sc(C(=O)N=CN(C)C)c1C. The molecule has 0 saturated carbocycles. The summed E-state index contributed by atoms with van der Waals surface area (Å²) in [7, 11) is 3.59. The highest BCUT2D eigenvalue weighted by atomic mass is 32.1. The van der Waals surface area contributed by atoms with Crippen molar-refractivity contribution in [3.05, 3.63) is 20.9 Å². The Balaban J connectivity index is 3.07. The Morgan fingerprint density at radius 1 is 1.44 bits per heavy atom. The van der Waals surface area contributed by atoms with Crippen molar-refractivity contribution in [2.75, 3.05) is 14.1 Å². The average Bonchev–Trinajstić information content (AvgIpc) is 2.52. The Hall–Kier alpha value is -1.67. The van der Waals surface area contributed by atoms with Crippen LogP contribution in [-0.4, -0.2) is 31.2 Å². The van der Waals surface area contributed by atoms with Crippen molar-refractivity contribution in [2.24, 2.45) is 4.99 Å². The van der Waals surface area contributed by atoms with Gasteiger partial charge in [0.15, 0.2) is 0 Å². The number of thiophene rings is 1. The first-order chi connectivity index (χ1) is 7.47. The van der Waals surface area contributed by atoms with E-state index in [1.165, 1.54) is 17.7 Å². The maximum absolute atomic E-state index is 11.7. The molecule has 1 aromatic heterocycles. The van der Waals surface area contributed by atoms with E-state index < -0.39 is 0 Å². The van der Waals surface area contributed by atoms with Crippen LogP contribution >= 0.6 is 11.3 Å². The molecular weight excluding hydrogens is 222 g/mol. The van der Waals surface area contributed by atoms with E-state index in [-0.39, 0.29) is 5.91 Å². The van der Waals surface area contributed by atoms with Crippen molar-refractivity contribution in [1.82, 2.24) is 4.90 Å². The van der Waals surface area contributed by atoms with Crippen LogP contribution in [0.25, 0.3) is 0 Å². The maximum atomic E-state index is 11.7. The molecule has 16 heavy (non-hydrogen) atoms. The van der Waals surface area contributed by atoms with Crippen molar-refractivity contribution in [2.45, 2.75) is 13.8 Å². The zero-order chi connectivity index (χ0) is 12.3. The third-order valence-electron chi connectivity index (χ3n) is 2.15. The topological polar surface area (TPSA) is 56.5 Å². The van der Waals surface area contributed by atoms with E-state index in [9.17, 15) is 4.79 Å². The Morgan fingerprint density at radius 2 is 2.06 bits per heavy atom. The molecule has 1 aromatic rings. The van der Waals surface area contributed by atoms with Crippen LogP contribution in [0.3, 0.4) is 0 Å². The summed E-state index contributed by atoms with van der Waals surface area (Å²) in [5.41, 5.74) is 1.72. The number of hydrogen-bond donors (Lipinski definition) is 0. The van der Waals surface area contributed by atoms with Gasteiger partial charge in [0.05, 0.1) is 11.2 Å². The molecule has 0 unspecified atom stereocenters.